The molecular weight excluding hydrogens is 260 g/mol. The number of rotatable bonds is 2. The zero-order valence-corrected chi connectivity index (χ0v) is 12.1. The monoisotopic (exact) mass is 280 g/mol. The lowest BCUT2D eigenvalue weighted by Crippen LogP contribution is -2.40. The van der Waals surface area contributed by atoms with E-state index >= 15 is 0 Å². The van der Waals surface area contributed by atoms with Crippen molar-refractivity contribution in [3.8, 4) is 0 Å². The van der Waals surface area contributed by atoms with E-state index in [1.165, 1.54) is 11.1 Å². The molecule has 2 bridgehead atoms. The summed E-state index contributed by atoms with van der Waals surface area (Å²) >= 11 is 0. The molecule has 2 aromatic carbocycles. The van der Waals surface area contributed by atoms with Crippen LogP contribution in [0.25, 0.3) is 0 Å². The lowest BCUT2D eigenvalue weighted by Gasteiger charge is -2.42. The molecule has 21 heavy (non-hydrogen) atoms. The number of hydrogen-bond acceptors (Lipinski definition) is 2. The molecule has 2 aliphatic heterocycles. The zero-order valence-electron chi connectivity index (χ0n) is 12.1. The molecule has 2 aromatic rings. The Morgan fingerprint density at radius 1 is 0.571 bits per heavy atom. The number of fused-ring (bicyclic) bond motifs is 4. The van der Waals surface area contributed by atoms with Crippen LogP contribution in [-0.2, 0) is 21.0 Å². The van der Waals surface area contributed by atoms with Gasteiger partial charge < -0.3 is 0 Å². The first-order chi connectivity index (χ1) is 10.3. The van der Waals surface area contributed by atoms with Crippen LogP contribution in [0.4, 0.5) is 0 Å². The van der Waals surface area contributed by atoms with Gasteiger partial charge >= 0.3 is 0 Å². The van der Waals surface area contributed by atoms with Crippen LogP contribution < -0.4 is 0 Å². The van der Waals surface area contributed by atoms with E-state index in [-0.39, 0.29) is 11.2 Å². The minimum Gasteiger partial charge on any atom is -0.224 e. The van der Waals surface area contributed by atoms with E-state index in [1.807, 2.05) is 0 Å². The van der Waals surface area contributed by atoms with Crippen molar-refractivity contribution in [3.05, 3.63) is 71.8 Å². The lowest BCUT2D eigenvalue weighted by molar-refractivity contribution is -0.444. The summed E-state index contributed by atoms with van der Waals surface area (Å²) in [4.78, 5) is 12.1. The van der Waals surface area contributed by atoms with Gasteiger partial charge in [-0.1, -0.05) is 60.7 Å². The van der Waals surface area contributed by atoms with E-state index in [0.717, 1.165) is 32.1 Å². The molecule has 2 heteroatoms. The minimum atomic E-state index is -0.254. The van der Waals surface area contributed by atoms with E-state index in [0.29, 0.717) is 0 Å². The molecule has 0 unspecified atom stereocenters. The first kappa shape index (κ1) is 13.1. The van der Waals surface area contributed by atoms with Gasteiger partial charge in [0, 0.05) is 0 Å². The predicted octanol–water partition coefficient (Wildman–Crippen LogP) is 4.70. The first-order valence-corrected chi connectivity index (χ1v) is 7.81. The smallest absolute Gasteiger partial charge is 0.129 e. The Morgan fingerprint density at radius 2 is 1.00 bits per heavy atom. The molecule has 1 aliphatic carbocycles. The summed E-state index contributed by atoms with van der Waals surface area (Å²) in [5, 5.41) is 0. The molecule has 2 heterocycles. The van der Waals surface area contributed by atoms with E-state index < -0.39 is 0 Å². The number of benzene rings is 2. The Balaban J connectivity index is 1.67. The lowest BCUT2D eigenvalue weighted by atomic mass is 9.82. The summed E-state index contributed by atoms with van der Waals surface area (Å²) in [6.07, 6.45) is 5.23. The molecule has 2 saturated heterocycles. The van der Waals surface area contributed by atoms with Gasteiger partial charge in [0.2, 0.25) is 0 Å². The van der Waals surface area contributed by atoms with Gasteiger partial charge in [0.1, 0.15) is 11.2 Å². The predicted molar refractivity (Wildman–Crippen MR) is 81.5 cm³/mol. The van der Waals surface area contributed by atoms with Crippen LogP contribution >= 0.6 is 0 Å². The molecule has 0 N–H and O–H groups in total. The highest BCUT2D eigenvalue weighted by Crippen LogP contribution is 2.52. The Bertz CT molecular complexity index is 542. The molecule has 3 aliphatic rings. The van der Waals surface area contributed by atoms with Gasteiger partial charge in [-0.25, -0.2) is 9.78 Å². The second-order valence-electron chi connectivity index (χ2n) is 6.24. The summed E-state index contributed by atoms with van der Waals surface area (Å²) in [7, 11) is 0. The standard InChI is InChI=1S/C19H20O2/c1-3-8-16(9-4-1)18-12-7-13-19(15-14-18,21-20-18)17-10-5-2-6-11-17/h1-6,8-11H,7,12-15H2/t18-,19+. The van der Waals surface area contributed by atoms with E-state index in [1.54, 1.807) is 0 Å². The number of hydrogen-bond donors (Lipinski definition) is 0. The third kappa shape index (κ3) is 2.10. The fraction of sp³-hybridized carbons (Fsp3) is 0.368. The molecule has 0 amide bonds. The molecule has 2 nitrogen and oxygen atoms in total. The largest absolute Gasteiger partial charge is 0.224 e. The Morgan fingerprint density at radius 3 is 1.38 bits per heavy atom. The quantitative estimate of drug-likeness (QED) is 0.742. The van der Waals surface area contributed by atoms with Gasteiger partial charge in [0.25, 0.3) is 0 Å². The van der Waals surface area contributed by atoms with Crippen LogP contribution in [0.1, 0.15) is 43.2 Å². The molecular formula is C19H20O2. The molecule has 2 atom stereocenters. The fourth-order valence-corrected chi connectivity index (χ4v) is 3.80. The van der Waals surface area contributed by atoms with Gasteiger partial charge in [-0.05, 0) is 43.2 Å². The van der Waals surface area contributed by atoms with E-state index in [9.17, 15) is 0 Å². The second-order valence-corrected chi connectivity index (χ2v) is 6.24. The van der Waals surface area contributed by atoms with Crippen LogP contribution in [0.3, 0.4) is 0 Å². The maximum atomic E-state index is 6.03. The van der Waals surface area contributed by atoms with Crippen LogP contribution in [0.5, 0.6) is 0 Å². The Labute approximate surface area is 125 Å². The molecule has 1 saturated carbocycles. The van der Waals surface area contributed by atoms with Crippen LogP contribution in [0.15, 0.2) is 60.7 Å². The summed E-state index contributed by atoms with van der Waals surface area (Å²) in [5.74, 6) is 0. The third-order valence-electron chi connectivity index (χ3n) is 5.05. The van der Waals surface area contributed by atoms with Crippen molar-refractivity contribution in [2.75, 3.05) is 0 Å². The van der Waals surface area contributed by atoms with Gasteiger partial charge in [0.15, 0.2) is 0 Å². The molecule has 108 valence electrons. The summed E-state index contributed by atoms with van der Waals surface area (Å²) < 4.78 is 0. The summed E-state index contributed by atoms with van der Waals surface area (Å²) in [6, 6.07) is 21.1. The molecule has 3 fully saturated rings. The van der Waals surface area contributed by atoms with Crippen molar-refractivity contribution in [1.82, 2.24) is 0 Å². The minimum absolute atomic E-state index is 0.254. The van der Waals surface area contributed by atoms with Crippen molar-refractivity contribution < 1.29 is 9.78 Å². The van der Waals surface area contributed by atoms with Crippen LogP contribution in [0.2, 0.25) is 0 Å². The van der Waals surface area contributed by atoms with Crippen LogP contribution in [-0.4, -0.2) is 0 Å². The maximum Gasteiger partial charge on any atom is 0.129 e. The summed E-state index contributed by atoms with van der Waals surface area (Å²) in [5.41, 5.74) is 1.98. The average Bonchev–Trinajstić information content (AvgIpc) is 2.89. The SMILES string of the molecule is c1ccc([C@@]23CCC[C@@](c4ccccc4)(CC2)OO3)cc1. The van der Waals surface area contributed by atoms with Crippen molar-refractivity contribution in [1.29, 1.82) is 0 Å². The van der Waals surface area contributed by atoms with Crippen molar-refractivity contribution in [2.24, 2.45) is 0 Å². The Kier molecular flexibility index (Phi) is 3.09. The molecule has 0 aromatic heterocycles. The van der Waals surface area contributed by atoms with Gasteiger partial charge in [-0.15, -0.1) is 0 Å². The first-order valence-electron chi connectivity index (χ1n) is 7.81. The van der Waals surface area contributed by atoms with Crippen molar-refractivity contribution in [2.45, 2.75) is 43.3 Å². The maximum absolute atomic E-state index is 6.03. The van der Waals surface area contributed by atoms with Gasteiger partial charge in [-0.2, -0.15) is 0 Å². The highest BCUT2D eigenvalue weighted by Gasteiger charge is 2.50. The average molecular weight is 280 g/mol. The third-order valence-corrected chi connectivity index (χ3v) is 5.05. The molecule has 5 rings (SSSR count). The normalized spacial score (nSPS) is 31.8. The van der Waals surface area contributed by atoms with E-state index in [2.05, 4.69) is 60.7 Å². The summed E-state index contributed by atoms with van der Waals surface area (Å²) in [6.45, 7) is 0. The topological polar surface area (TPSA) is 18.5 Å². The Hall–Kier alpha value is -1.64. The van der Waals surface area contributed by atoms with E-state index in [4.69, 9.17) is 9.78 Å². The zero-order chi connectivity index (χ0) is 14.2. The van der Waals surface area contributed by atoms with Gasteiger partial charge in [0.05, 0.1) is 0 Å². The van der Waals surface area contributed by atoms with Gasteiger partial charge in [-0.3, -0.25) is 0 Å². The second kappa shape index (κ2) is 4.97. The molecule has 0 radical (unpaired) electrons. The van der Waals surface area contributed by atoms with Crippen LogP contribution in [0, 0.1) is 0 Å². The highest BCUT2D eigenvalue weighted by atomic mass is 17.2. The highest BCUT2D eigenvalue weighted by molar-refractivity contribution is 5.27. The van der Waals surface area contributed by atoms with Crippen molar-refractivity contribution in [3.63, 3.8) is 0 Å². The molecule has 0 spiro atoms. The fourth-order valence-electron chi connectivity index (χ4n) is 3.80. The van der Waals surface area contributed by atoms with Crippen molar-refractivity contribution >= 4 is 0 Å².